The van der Waals surface area contributed by atoms with Gasteiger partial charge in [-0.2, -0.15) is 0 Å². The summed E-state index contributed by atoms with van der Waals surface area (Å²) in [5, 5.41) is 10.7. The monoisotopic (exact) mass is 305 g/mol. The lowest BCUT2D eigenvalue weighted by molar-refractivity contribution is 0.0100. The van der Waals surface area contributed by atoms with Crippen LogP contribution in [0.2, 0.25) is 0 Å². The fourth-order valence-corrected chi connectivity index (χ4v) is 3.75. The smallest absolute Gasteiger partial charge is 0.0552 e. The van der Waals surface area contributed by atoms with Crippen LogP contribution in [0.25, 0.3) is 0 Å². The average molecular weight is 306 g/mol. The summed E-state index contributed by atoms with van der Waals surface area (Å²) in [6.45, 7) is 7.09. The molecule has 4 heteroatoms. The summed E-state index contributed by atoms with van der Waals surface area (Å²) < 4.78 is 5.47. The lowest BCUT2D eigenvalue weighted by atomic mass is 9.82. The summed E-state index contributed by atoms with van der Waals surface area (Å²) >= 11 is 3.69. The standard InChI is InChI=1S/C13H24BrNO2/c1-11(16)12-2-5-15(8-12)10-13(9-14)3-6-17-7-4-13/h11-12,16H,2-10H2,1H3. The van der Waals surface area contributed by atoms with E-state index in [0.717, 1.165) is 57.4 Å². The largest absolute Gasteiger partial charge is 0.393 e. The molecule has 2 aliphatic rings. The zero-order valence-electron chi connectivity index (χ0n) is 10.7. The predicted molar refractivity (Wildman–Crippen MR) is 72.5 cm³/mol. The molecule has 0 aromatic carbocycles. The van der Waals surface area contributed by atoms with Gasteiger partial charge in [0.1, 0.15) is 0 Å². The van der Waals surface area contributed by atoms with Crippen LogP contribution in [0.1, 0.15) is 26.2 Å². The third-order valence-electron chi connectivity index (χ3n) is 4.39. The Balaban J connectivity index is 1.87. The molecule has 0 amide bonds. The average Bonchev–Trinajstić information content (AvgIpc) is 2.79. The quantitative estimate of drug-likeness (QED) is 0.805. The summed E-state index contributed by atoms with van der Waals surface area (Å²) in [4.78, 5) is 2.53. The maximum Gasteiger partial charge on any atom is 0.0552 e. The molecule has 2 unspecified atom stereocenters. The highest BCUT2D eigenvalue weighted by molar-refractivity contribution is 9.09. The molecule has 2 aliphatic heterocycles. The molecule has 2 atom stereocenters. The molecule has 2 fully saturated rings. The highest BCUT2D eigenvalue weighted by Gasteiger charge is 2.36. The number of rotatable bonds is 4. The third-order valence-corrected chi connectivity index (χ3v) is 5.58. The van der Waals surface area contributed by atoms with Gasteiger partial charge in [-0.1, -0.05) is 15.9 Å². The van der Waals surface area contributed by atoms with Crippen molar-refractivity contribution < 1.29 is 9.84 Å². The molecule has 0 spiro atoms. The molecule has 1 N–H and O–H groups in total. The van der Waals surface area contributed by atoms with E-state index >= 15 is 0 Å². The Bertz CT molecular complexity index is 242. The van der Waals surface area contributed by atoms with E-state index in [1.165, 1.54) is 0 Å². The van der Waals surface area contributed by atoms with Crippen molar-refractivity contribution in [1.29, 1.82) is 0 Å². The Labute approximate surface area is 113 Å². The van der Waals surface area contributed by atoms with Gasteiger partial charge in [-0.05, 0) is 44.1 Å². The van der Waals surface area contributed by atoms with Gasteiger partial charge >= 0.3 is 0 Å². The minimum absolute atomic E-state index is 0.158. The van der Waals surface area contributed by atoms with E-state index in [2.05, 4.69) is 20.8 Å². The van der Waals surface area contributed by atoms with Gasteiger partial charge in [0.25, 0.3) is 0 Å². The van der Waals surface area contributed by atoms with Crippen LogP contribution >= 0.6 is 15.9 Å². The van der Waals surface area contributed by atoms with Crippen molar-refractivity contribution in [3.8, 4) is 0 Å². The number of hydrogen-bond donors (Lipinski definition) is 1. The van der Waals surface area contributed by atoms with E-state index in [9.17, 15) is 5.11 Å². The zero-order chi connectivity index (χ0) is 12.3. The second-order valence-electron chi connectivity index (χ2n) is 5.77. The molecule has 0 bridgehead atoms. The molecule has 2 heterocycles. The first kappa shape index (κ1) is 13.8. The fraction of sp³-hybridized carbons (Fsp3) is 1.00. The number of nitrogens with zero attached hydrogens (tertiary/aromatic N) is 1. The van der Waals surface area contributed by atoms with Crippen molar-refractivity contribution in [2.75, 3.05) is 38.2 Å². The van der Waals surface area contributed by atoms with Gasteiger partial charge in [-0.25, -0.2) is 0 Å². The van der Waals surface area contributed by atoms with Crippen LogP contribution in [-0.2, 0) is 4.74 Å². The Morgan fingerprint density at radius 1 is 1.47 bits per heavy atom. The molecule has 3 nitrogen and oxygen atoms in total. The molecule has 0 saturated carbocycles. The van der Waals surface area contributed by atoms with Crippen LogP contribution in [0.15, 0.2) is 0 Å². The summed E-state index contributed by atoms with van der Waals surface area (Å²) in [5.74, 6) is 0.474. The van der Waals surface area contributed by atoms with Crippen molar-refractivity contribution in [2.24, 2.45) is 11.3 Å². The van der Waals surface area contributed by atoms with E-state index in [1.54, 1.807) is 0 Å². The highest BCUT2D eigenvalue weighted by Crippen LogP contribution is 2.35. The molecule has 100 valence electrons. The van der Waals surface area contributed by atoms with Gasteiger partial charge in [0, 0.05) is 31.6 Å². The van der Waals surface area contributed by atoms with Gasteiger partial charge in [0.05, 0.1) is 6.10 Å². The Morgan fingerprint density at radius 3 is 2.71 bits per heavy atom. The van der Waals surface area contributed by atoms with E-state index < -0.39 is 0 Å². The van der Waals surface area contributed by atoms with Crippen molar-refractivity contribution in [3.63, 3.8) is 0 Å². The van der Waals surface area contributed by atoms with E-state index in [1.807, 2.05) is 6.92 Å². The minimum atomic E-state index is -0.158. The van der Waals surface area contributed by atoms with Gasteiger partial charge in [0.15, 0.2) is 0 Å². The number of ether oxygens (including phenoxy) is 1. The van der Waals surface area contributed by atoms with Crippen molar-refractivity contribution >= 4 is 15.9 Å². The molecule has 0 aliphatic carbocycles. The Hall–Kier alpha value is 0.360. The van der Waals surface area contributed by atoms with Crippen LogP contribution in [0.3, 0.4) is 0 Å². The van der Waals surface area contributed by atoms with E-state index in [0.29, 0.717) is 11.3 Å². The van der Waals surface area contributed by atoms with Crippen LogP contribution in [0, 0.1) is 11.3 Å². The van der Waals surface area contributed by atoms with Crippen LogP contribution < -0.4 is 0 Å². The maximum absolute atomic E-state index is 9.64. The number of likely N-dealkylation sites (tertiary alicyclic amines) is 1. The van der Waals surface area contributed by atoms with Gasteiger partial charge in [0.2, 0.25) is 0 Å². The number of hydrogen-bond acceptors (Lipinski definition) is 3. The number of aliphatic hydroxyl groups excluding tert-OH is 1. The first-order valence-corrected chi connectivity index (χ1v) is 7.81. The summed E-state index contributed by atoms with van der Waals surface area (Å²) in [6.07, 6.45) is 3.31. The van der Waals surface area contributed by atoms with Gasteiger partial charge in [-0.15, -0.1) is 0 Å². The normalized spacial score (nSPS) is 31.6. The second-order valence-corrected chi connectivity index (χ2v) is 6.33. The van der Waals surface area contributed by atoms with Gasteiger partial charge < -0.3 is 14.7 Å². The van der Waals surface area contributed by atoms with E-state index in [-0.39, 0.29) is 6.10 Å². The minimum Gasteiger partial charge on any atom is -0.393 e. The summed E-state index contributed by atoms with van der Waals surface area (Å²) in [5.41, 5.74) is 0.395. The zero-order valence-corrected chi connectivity index (χ0v) is 12.3. The summed E-state index contributed by atoms with van der Waals surface area (Å²) in [6, 6.07) is 0. The maximum atomic E-state index is 9.64. The van der Waals surface area contributed by atoms with Crippen LogP contribution in [0.4, 0.5) is 0 Å². The van der Waals surface area contributed by atoms with Crippen molar-refractivity contribution in [2.45, 2.75) is 32.3 Å². The molecule has 2 rings (SSSR count). The summed E-state index contributed by atoms with van der Waals surface area (Å²) in [7, 11) is 0. The van der Waals surface area contributed by atoms with Crippen molar-refractivity contribution in [1.82, 2.24) is 4.90 Å². The lowest BCUT2D eigenvalue weighted by Gasteiger charge is -2.38. The third kappa shape index (κ3) is 3.43. The number of aliphatic hydroxyl groups is 1. The molecule has 17 heavy (non-hydrogen) atoms. The molecule has 0 aromatic heterocycles. The highest BCUT2D eigenvalue weighted by atomic mass is 79.9. The molecular formula is C13H24BrNO2. The fourth-order valence-electron chi connectivity index (χ4n) is 3.01. The molecule has 0 radical (unpaired) electrons. The molecule has 0 aromatic rings. The van der Waals surface area contributed by atoms with Gasteiger partial charge in [-0.3, -0.25) is 0 Å². The Kier molecular flexibility index (Phi) is 4.87. The first-order valence-electron chi connectivity index (χ1n) is 6.69. The predicted octanol–water partition coefficient (Wildman–Crippen LogP) is 1.88. The lowest BCUT2D eigenvalue weighted by Crippen LogP contribution is -2.42. The van der Waals surface area contributed by atoms with Crippen molar-refractivity contribution in [3.05, 3.63) is 0 Å². The first-order chi connectivity index (χ1) is 8.15. The van der Waals surface area contributed by atoms with Crippen LogP contribution in [-0.4, -0.2) is 54.3 Å². The molecule has 2 saturated heterocycles. The SMILES string of the molecule is CC(O)C1CCN(CC2(CBr)CCOCC2)C1. The topological polar surface area (TPSA) is 32.7 Å². The Morgan fingerprint density at radius 2 is 2.18 bits per heavy atom. The second kappa shape index (κ2) is 6.00. The molecular weight excluding hydrogens is 282 g/mol. The number of alkyl halides is 1. The van der Waals surface area contributed by atoms with Crippen LogP contribution in [0.5, 0.6) is 0 Å². The van der Waals surface area contributed by atoms with E-state index in [4.69, 9.17) is 4.74 Å². The number of halogens is 1.